The molecule has 0 aromatic heterocycles. The summed E-state index contributed by atoms with van der Waals surface area (Å²) in [6.45, 7) is 5.75. The monoisotopic (exact) mass is 436 g/mol. The van der Waals surface area contributed by atoms with Gasteiger partial charge in [0.15, 0.2) is 11.5 Å². The van der Waals surface area contributed by atoms with Crippen LogP contribution >= 0.6 is 15.9 Å². The normalized spacial score (nSPS) is 11.1. The van der Waals surface area contributed by atoms with Crippen LogP contribution in [0.3, 0.4) is 0 Å². The summed E-state index contributed by atoms with van der Waals surface area (Å²) in [4.78, 5) is 0. The Bertz CT molecular complexity index is 685. The van der Waals surface area contributed by atoms with Gasteiger partial charge in [0.1, 0.15) is 5.75 Å². The molecule has 0 fully saturated rings. The molecule has 0 atom stereocenters. The summed E-state index contributed by atoms with van der Waals surface area (Å²) >= 11 is 3.48. The van der Waals surface area contributed by atoms with Crippen molar-refractivity contribution in [2.75, 3.05) is 25.7 Å². The Balaban J connectivity index is 1.92. The summed E-state index contributed by atoms with van der Waals surface area (Å²) in [5, 5.41) is 3.28. The van der Waals surface area contributed by atoms with Crippen molar-refractivity contribution in [3.63, 3.8) is 0 Å². The number of fused-ring (bicyclic) bond motifs is 1. The second-order valence-corrected chi connectivity index (χ2v) is 8.14. The minimum atomic E-state index is 0.510. The smallest absolute Gasteiger partial charge is 0.168 e. The van der Waals surface area contributed by atoms with Gasteiger partial charge in [-0.05, 0) is 48.4 Å². The fourth-order valence-corrected chi connectivity index (χ4v) is 3.42. The van der Waals surface area contributed by atoms with Crippen LogP contribution in [0.4, 0.5) is 0 Å². The minimum Gasteiger partial charge on any atom is -0.493 e. The first-order chi connectivity index (χ1) is 13.2. The second-order valence-electron chi connectivity index (χ2n) is 7.34. The van der Waals surface area contributed by atoms with Crippen molar-refractivity contribution in [2.45, 2.75) is 52.4 Å². The number of halogens is 1. The number of ether oxygens (including phenoxy) is 3. The first-order valence-electron chi connectivity index (χ1n) is 10.1. The molecule has 150 valence electrons. The SMILES string of the molecule is COc1c(OCCCCCCCCBr)ccc2cc(OCC(C)C)ccc12. The molecule has 0 radical (unpaired) electrons. The molecule has 27 heavy (non-hydrogen) atoms. The minimum absolute atomic E-state index is 0.510. The Hall–Kier alpha value is -1.42. The molecule has 2 aromatic carbocycles. The highest BCUT2D eigenvalue weighted by Gasteiger charge is 2.10. The molecule has 0 spiro atoms. The van der Waals surface area contributed by atoms with E-state index in [1.165, 1.54) is 32.1 Å². The molecule has 0 amide bonds. The van der Waals surface area contributed by atoms with Gasteiger partial charge in [0.2, 0.25) is 0 Å². The third-order valence-corrected chi connectivity index (χ3v) is 5.04. The number of hydrogen-bond acceptors (Lipinski definition) is 3. The molecule has 0 unspecified atom stereocenters. The first kappa shape index (κ1) is 21.9. The molecular formula is C23H33BrO3. The topological polar surface area (TPSA) is 27.7 Å². The fraction of sp³-hybridized carbons (Fsp3) is 0.565. The number of unbranched alkanes of at least 4 members (excludes halogenated alkanes) is 5. The van der Waals surface area contributed by atoms with Gasteiger partial charge in [-0.1, -0.05) is 61.5 Å². The number of hydrogen-bond donors (Lipinski definition) is 0. The lowest BCUT2D eigenvalue weighted by molar-refractivity contribution is 0.271. The van der Waals surface area contributed by atoms with Crippen molar-refractivity contribution in [3.05, 3.63) is 30.3 Å². The van der Waals surface area contributed by atoms with Crippen LogP contribution in [-0.2, 0) is 0 Å². The van der Waals surface area contributed by atoms with Crippen LogP contribution in [0.2, 0.25) is 0 Å². The van der Waals surface area contributed by atoms with Gasteiger partial charge < -0.3 is 14.2 Å². The van der Waals surface area contributed by atoms with Gasteiger partial charge in [-0.15, -0.1) is 0 Å². The van der Waals surface area contributed by atoms with Crippen molar-refractivity contribution in [1.82, 2.24) is 0 Å². The van der Waals surface area contributed by atoms with E-state index in [9.17, 15) is 0 Å². The molecule has 0 bridgehead atoms. The highest BCUT2D eigenvalue weighted by atomic mass is 79.9. The highest BCUT2D eigenvalue weighted by molar-refractivity contribution is 9.09. The van der Waals surface area contributed by atoms with Gasteiger partial charge in [0, 0.05) is 10.7 Å². The van der Waals surface area contributed by atoms with Gasteiger partial charge in [0.25, 0.3) is 0 Å². The maximum Gasteiger partial charge on any atom is 0.168 e. The number of methoxy groups -OCH3 is 1. The second kappa shape index (κ2) is 12.1. The van der Waals surface area contributed by atoms with Crippen LogP contribution < -0.4 is 14.2 Å². The van der Waals surface area contributed by atoms with E-state index in [2.05, 4.69) is 48.0 Å². The molecule has 0 N–H and O–H groups in total. The van der Waals surface area contributed by atoms with Gasteiger partial charge in [-0.25, -0.2) is 0 Å². The van der Waals surface area contributed by atoms with Crippen molar-refractivity contribution >= 4 is 26.7 Å². The molecule has 0 aliphatic rings. The number of benzene rings is 2. The van der Waals surface area contributed by atoms with Crippen LogP contribution in [0.5, 0.6) is 17.2 Å². The lowest BCUT2D eigenvalue weighted by Crippen LogP contribution is -2.04. The molecule has 0 heterocycles. The molecule has 2 rings (SSSR count). The van der Waals surface area contributed by atoms with Crippen LogP contribution in [0.25, 0.3) is 10.8 Å². The lowest BCUT2D eigenvalue weighted by Gasteiger charge is -2.14. The molecule has 0 aliphatic carbocycles. The third kappa shape index (κ3) is 7.25. The average Bonchev–Trinajstić information content (AvgIpc) is 2.67. The predicted molar refractivity (Wildman–Crippen MR) is 118 cm³/mol. The molecular weight excluding hydrogens is 404 g/mol. The highest BCUT2D eigenvalue weighted by Crippen LogP contribution is 2.37. The summed E-state index contributed by atoms with van der Waals surface area (Å²) in [7, 11) is 1.70. The van der Waals surface area contributed by atoms with Crippen molar-refractivity contribution in [3.8, 4) is 17.2 Å². The number of alkyl halides is 1. The van der Waals surface area contributed by atoms with E-state index >= 15 is 0 Å². The Morgan fingerprint density at radius 2 is 1.63 bits per heavy atom. The van der Waals surface area contributed by atoms with E-state index in [1.54, 1.807) is 7.11 Å². The van der Waals surface area contributed by atoms with Crippen LogP contribution in [0.15, 0.2) is 30.3 Å². The van der Waals surface area contributed by atoms with Gasteiger partial charge in [0.05, 0.1) is 20.3 Å². The molecule has 4 heteroatoms. The van der Waals surface area contributed by atoms with E-state index in [0.717, 1.165) is 53.0 Å². The maximum atomic E-state index is 6.01. The standard InChI is InChI=1S/C23H33BrO3/c1-18(2)17-27-20-11-12-21-19(16-20)10-13-22(23(21)25-3)26-15-9-7-5-4-6-8-14-24/h10-13,16,18H,4-9,14-15,17H2,1-3H3. The summed E-state index contributed by atoms with van der Waals surface area (Å²) < 4.78 is 17.5. The van der Waals surface area contributed by atoms with Crippen molar-refractivity contribution < 1.29 is 14.2 Å². The van der Waals surface area contributed by atoms with Crippen LogP contribution in [-0.4, -0.2) is 25.7 Å². The van der Waals surface area contributed by atoms with Crippen molar-refractivity contribution in [2.24, 2.45) is 5.92 Å². The predicted octanol–water partition coefficient (Wildman–Crippen LogP) is 7.00. The zero-order valence-electron chi connectivity index (χ0n) is 16.9. The van der Waals surface area contributed by atoms with E-state index < -0.39 is 0 Å². The van der Waals surface area contributed by atoms with E-state index in [4.69, 9.17) is 14.2 Å². The lowest BCUT2D eigenvalue weighted by atomic mass is 10.1. The molecule has 3 nitrogen and oxygen atoms in total. The van der Waals surface area contributed by atoms with Crippen LogP contribution in [0.1, 0.15) is 52.4 Å². The largest absolute Gasteiger partial charge is 0.493 e. The molecule has 0 saturated heterocycles. The van der Waals surface area contributed by atoms with E-state index in [-0.39, 0.29) is 0 Å². The molecule has 2 aromatic rings. The average molecular weight is 437 g/mol. The Morgan fingerprint density at radius 3 is 2.33 bits per heavy atom. The van der Waals surface area contributed by atoms with Crippen LogP contribution in [0, 0.1) is 5.92 Å². The summed E-state index contributed by atoms with van der Waals surface area (Å²) in [6.07, 6.45) is 7.48. The van der Waals surface area contributed by atoms with E-state index in [0.29, 0.717) is 5.92 Å². The summed E-state index contributed by atoms with van der Waals surface area (Å²) in [5.74, 6) is 3.03. The van der Waals surface area contributed by atoms with Gasteiger partial charge in [-0.2, -0.15) is 0 Å². The molecule has 0 saturated carbocycles. The summed E-state index contributed by atoms with van der Waals surface area (Å²) in [6, 6.07) is 10.2. The quantitative estimate of drug-likeness (QED) is 0.250. The number of rotatable bonds is 13. The maximum absolute atomic E-state index is 6.01. The zero-order valence-corrected chi connectivity index (χ0v) is 18.5. The Morgan fingerprint density at radius 1 is 0.889 bits per heavy atom. The third-order valence-electron chi connectivity index (χ3n) is 4.48. The van der Waals surface area contributed by atoms with E-state index in [1.807, 2.05) is 12.1 Å². The van der Waals surface area contributed by atoms with Crippen molar-refractivity contribution in [1.29, 1.82) is 0 Å². The van der Waals surface area contributed by atoms with Gasteiger partial charge >= 0.3 is 0 Å². The van der Waals surface area contributed by atoms with Gasteiger partial charge in [-0.3, -0.25) is 0 Å². The molecule has 0 aliphatic heterocycles. The summed E-state index contributed by atoms with van der Waals surface area (Å²) in [5.41, 5.74) is 0. The Kier molecular flexibility index (Phi) is 9.82. The zero-order chi connectivity index (χ0) is 19.5. The fourth-order valence-electron chi connectivity index (χ4n) is 3.02. The Labute approximate surface area is 172 Å². The first-order valence-corrected chi connectivity index (χ1v) is 11.2.